The monoisotopic (exact) mass is 232 g/mol. The summed E-state index contributed by atoms with van der Waals surface area (Å²) in [6.07, 6.45) is 1.61. The number of hydrogen-bond acceptors (Lipinski definition) is 3. The van der Waals surface area contributed by atoms with Gasteiger partial charge in [0, 0.05) is 24.9 Å². The number of pyridine rings is 1. The predicted octanol–water partition coefficient (Wildman–Crippen LogP) is 2.78. The lowest BCUT2D eigenvalue weighted by Crippen LogP contribution is -1.99. The Labute approximate surface area is 99.1 Å². The van der Waals surface area contributed by atoms with Crippen LogP contribution < -0.4 is 10.5 Å². The Morgan fingerprint density at radius 3 is 2.71 bits per heavy atom. The van der Waals surface area contributed by atoms with Crippen molar-refractivity contribution >= 4 is 0 Å². The van der Waals surface area contributed by atoms with Gasteiger partial charge >= 0.3 is 0 Å². The van der Waals surface area contributed by atoms with Crippen molar-refractivity contribution in [3.8, 4) is 11.5 Å². The average molecular weight is 232 g/mol. The summed E-state index contributed by atoms with van der Waals surface area (Å²) in [6.45, 7) is 2.05. The molecule has 0 spiro atoms. The van der Waals surface area contributed by atoms with Gasteiger partial charge in [0.15, 0.2) is 0 Å². The van der Waals surface area contributed by atoms with Crippen LogP contribution in [0.4, 0.5) is 4.39 Å². The van der Waals surface area contributed by atoms with Crippen LogP contribution in [0.5, 0.6) is 11.5 Å². The fourth-order valence-electron chi connectivity index (χ4n) is 1.40. The Morgan fingerprint density at radius 1 is 1.24 bits per heavy atom. The van der Waals surface area contributed by atoms with Gasteiger partial charge in [-0.05, 0) is 24.6 Å². The standard InChI is InChI=1S/C13H13FN2O/c1-9-2-3-11(7-13(9)14)17-12-4-5-16-10(6-12)8-15/h2-7H,8,15H2,1H3. The number of ether oxygens (including phenoxy) is 1. The molecule has 0 atom stereocenters. The van der Waals surface area contributed by atoms with Gasteiger partial charge in [-0.15, -0.1) is 0 Å². The first kappa shape index (κ1) is 11.5. The van der Waals surface area contributed by atoms with E-state index in [0.717, 1.165) is 5.69 Å². The molecule has 2 aromatic rings. The Morgan fingerprint density at radius 2 is 2.00 bits per heavy atom. The van der Waals surface area contributed by atoms with E-state index < -0.39 is 0 Å². The lowest BCUT2D eigenvalue weighted by atomic mass is 10.2. The number of hydrogen-bond donors (Lipinski definition) is 1. The minimum Gasteiger partial charge on any atom is -0.457 e. The molecule has 4 heteroatoms. The minimum absolute atomic E-state index is 0.282. The normalized spacial score (nSPS) is 10.3. The van der Waals surface area contributed by atoms with Crippen molar-refractivity contribution in [2.75, 3.05) is 0 Å². The molecule has 0 saturated carbocycles. The number of nitrogens with zero attached hydrogens (tertiary/aromatic N) is 1. The molecular formula is C13H13FN2O. The maximum Gasteiger partial charge on any atom is 0.130 e. The van der Waals surface area contributed by atoms with Crippen molar-refractivity contribution in [1.82, 2.24) is 4.98 Å². The molecule has 1 heterocycles. The van der Waals surface area contributed by atoms with Gasteiger partial charge in [-0.1, -0.05) is 6.07 Å². The molecular weight excluding hydrogens is 219 g/mol. The molecule has 0 fully saturated rings. The number of aromatic nitrogens is 1. The number of nitrogens with two attached hydrogens (primary N) is 1. The second-order valence-corrected chi connectivity index (χ2v) is 3.70. The van der Waals surface area contributed by atoms with Gasteiger partial charge in [0.2, 0.25) is 0 Å². The molecule has 2 N–H and O–H groups in total. The third-order valence-electron chi connectivity index (χ3n) is 2.38. The Kier molecular flexibility index (Phi) is 3.35. The molecule has 0 aliphatic carbocycles. The van der Waals surface area contributed by atoms with E-state index in [9.17, 15) is 4.39 Å². The quantitative estimate of drug-likeness (QED) is 0.885. The van der Waals surface area contributed by atoms with Gasteiger partial charge < -0.3 is 10.5 Å². The molecule has 0 aliphatic heterocycles. The molecule has 0 bridgehead atoms. The highest BCUT2D eigenvalue weighted by Crippen LogP contribution is 2.23. The van der Waals surface area contributed by atoms with Gasteiger partial charge in [-0.3, -0.25) is 4.98 Å². The van der Waals surface area contributed by atoms with Crippen molar-refractivity contribution in [2.24, 2.45) is 5.73 Å². The van der Waals surface area contributed by atoms with E-state index in [1.54, 1.807) is 37.4 Å². The van der Waals surface area contributed by atoms with E-state index >= 15 is 0 Å². The number of aryl methyl sites for hydroxylation is 1. The number of halogens is 1. The first-order valence-corrected chi connectivity index (χ1v) is 5.28. The van der Waals surface area contributed by atoms with Crippen LogP contribution in [0.25, 0.3) is 0 Å². The van der Waals surface area contributed by atoms with Crippen LogP contribution in [-0.4, -0.2) is 4.98 Å². The summed E-state index contributed by atoms with van der Waals surface area (Å²) < 4.78 is 18.8. The molecule has 0 unspecified atom stereocenters. The van der Waals surface area contributed by atoms with Crippen molar-refractivity contribution in [3.63, 3.8) is 0 Å². The maximum absolute atomic E-state index is 13.3. The fourth-order valence-corrected chi connectivity index (χ4v) is 1.40. The fraction of sp³-hybridized carbons (Fsp3) is 0.154. The summed E-state index contributed by atoms with van der Waals surface area (Å²) >= 11 is 0. The highest BCUT2D eigenvalue weighted by molar-refractivity contribution is 5.33. The summed E-state index contributed by atoms with van der Waals surface area (Å²) in [6, 6.07) is 8.20. The average Bonchev–Trinajstić information content (AvgIpc) is 2.34. The zero-order valence-corrected chi connectivity index (χ0v) is 9.48. The third-order valence-corrected chi connectivity index (χ3v) is 2.38. The molecule has 17 heavy (non-hydrogen) atoms. The first-order chi connectivity index (χ1) is 8.19. The SMILES string of the molecule is Cc1ccc(Oc2ccnc(CN)c2)cc1F. The zero-order chi connectivity index (χ0) is 12.3. The molecule has 2 rings (SSSR count). The third kappa shape index (κ3) is 2.79. The van der Waals surface area contributed by atoms with Crippen molar-refractivity contribution < 1.29 is 9.13 Å². The molecule has 1 aromatic carbocycles. The van der Waals surface area contributed by atoms with Crippen LogP contribution in [-0.2, 0) is 6.54 Å². The van der Waals surface area contributed by atoms with Gasteiger partial charge in [0.1, 0.15) is 17.3 Å². The van der Waals surface area contributed by atoms with Crippen molar-refractivity contribution in [3.05, 3.63) is 53.6 Å². The molecule has 88 valence electrons. The first-order valence-electron chi connectivity index (χ1n) is 5.28. The van der Waals surface area contributed by atoms with Crippen LogP contribution in [0.2, 0.25) is 0 Å². The zero-order valence-electron chi connectivity index (χ0n) is 9.48. The van der Waals surface area contributed by atoms with Crippen LogP contribution in [0.15, 0.2) is 36.5 Å². The Balaban J connectivity index is 2.22. The molecule has 0 amide bonds. The Bertz CT molecular complexity index is 529. The minimum atomic E-state index is -0.282. The van der Waals surface area contributed by atoms with Gasteiger partial charge in [-0.2, -0.15) is 0 Å². The summed E-state index contributed by atoms with van der Waals surface area (Å²) in [7, 11) is 0. The predicted molar refractivity (Wildman–Crippen MR) is 63.3 cm³/mol. The van der Waals surface area contributed by atoms with Crippen molar-refractivity contribution in [2.45, 2.75) is 13.5 Å². The maximum atomic E-state index is 13.3. The molecule has 0 saturated heterocycles. The molecule has 1 aromatic heterocycles. The lowest BCUT2D eigenvalue weighted by Gasteiger charge is -2.07. The van der Waals surface area contributed by atoms with E-state index in [1.165, 1.54) is 6.07 Å². The molecule has 0 radical (unpaired) electrons. The summed E-state index contributed by atoms with van der Waals surface area (Å²) in [4.78, 5) is 4.05. The molecule has 0 aliphatic rings. The van der Waals surface area contributed by atoms with Crippen molar-refractivity contribution in [1.29, 1.82) is 0 Å². The topological polar surface area (TPSA) is 48.1 Å². The second-order valence-electron chi connectivity index (χ2n) is 3.70. The van der Waals surface area contributed by atoms with Crippen LogP contribution in [0.1, 0.15) is 11.3 Å². The number of benzene rings is 1. The lowest BCUT2D eigenvalue weighted by molar-refractivity contribution is 0.474. The number of rotatable bonds is 3. The van der Waals surface area contributed by atoms with E-state index in [1.807, 2.05) is 0 Å². The van der Waals surface area contributed by atoms with E-state index in [0.29, 0.717) is 23.6 Å². The van der Waals surface area contributed by atoms with Gasteiger partial charge in [0.05, 0.1) is 5.69 Å². The summed E-state index contributed by atoms with van der Waals surface area (Å²) in [5.41, 5.74) is 6.80. The van der Waals surface area contributed by atoms with Crippen LogP contribution >= 0.6 is 0 Å². The largest absolute Gasteiger partial charge is 0.457 e. The summed E-state index contributed by atoms with van der Waals surface area (Å²) in [5.74, 6) is 0.779. The van der Waals surface area contributed by atoms with Gasteiger partial charge in [0.25, 0.3) is 0 Å². The smallest absolute Gasteiger partial charge is 0.130 e. The van der Waals surface area contributed by atoms with Gasteiger partial charge in [-0.25, -0.2) is 4.39 Å². The Hall–Kier alpha value is -1.94. The molecule has 3 nitrogen and oxygen atoms in total. The highest BCUT2D eigenvalue weighted by atomic mass is 19.1. The second kappa shape index (κ2) is 4.93. The van der Waals surface area contributed by atoms with E-state index in [-0.39, 0.29) is 5.82 Å². The van der Waals surface area contributed by atoms with E-state index in [4.69, 9.17) is 10.5 Å². The van der Waals surface area contributed by atoms with E-state index in [2.05, 4.69) is 4.98 Å². The van der Waals surface area contributed by atoms with Crippen LogP contribution in [0, 0.1) is 12.7 Å². The van der Waals surface area contributed by atoms with Crippen LogP contribution in [0.3, 0.4) is 0 Å². The summed E-state index contributed by atoms with van der Waals surface area (Å²) in [5, 5.41) is 0. The highest BCUT2D eigenvalue weighted by Gasteiger charge is 2.02.